The van der Waals surface area contributed by atoms with Crippen molar-refractivity contribution >= 4 is 50.5 Å². The van der Waals surface area contributed by atoms with Crippen molar-refractivity contribution in [2.75, 3.05) is 11.9 Å². The summed E-state index contributed by atoms with van der Waals surface area (Å²) < 4.78 is 6.68. The summed E-state index contributed by atoms with van der Waals surface area (Å²) in [4.78, 5) is 43.2. The van der Waals surface area contributed by atoms with Gasteiger partial charge in [0.15, 0.2) is 12.4 Å². The summed E-state index contributed by atoms with van der Waals surface area (Å²) in [5.41, 5.74) is 2.10. The van der Waals surface area contributed by atoms with Gasteiger partial charge in [0, 0.05) is 21.5 Å². The molecule has 1 aliphatic rings. The van der Waals surface area contributed by atoms with Gasteiger partial charge >= 0.3 is 0 Å². The minimum absolute atomic E-state index is 0.0611. The molecule has 0 bridgehead atoms. The predicted molar refractivity (Wildman–Crippen MR) is 124 cm³/mol. The molecule has 0 spiro atoms. The lowest BCUT2D eigenvalue weighted by Crippen LogP contribution is -2.29. The number of nitrogens with one attached hydrogen (secondary N) is 1. The standard InChI is InChI=1S/C23H16ClN3O4S/c1-12(21(29)14-4-7-18-17(8-14)26-19(28)9-31-18)27-11-25-22-20(23(27)30)16(10-32-22)13-2-5-15(24)6-3-13/h2-8,10-12H,9H2,1H3,(H,26,28). The number of benzene rings is 2. The minimum atomic E-state index is -0.796. The van der Waals surface area contributed by atoms with Gasteiger partial charge in [-0.15, -0.1) is 11.3 Å². The Bertz CT molecular complexity index is 1440. The number of nitrogens with zero attached hydrogens (tertiary/aromatic N) is 2. The highest BCUT2D eigenvalue weighted by atomic mass is 35.5. The number of hydrogen-bond acceptors (Lipinski definition) is 6. The van der Waals surface area contributed by atoms with Crippen LogP contribution in [0.2, 0.25) is 5.02 Å². The number of thiophene rings is 1. The number of amides is 1. The maximum atomic E-state index is 13.4. The average Bonchev–Trinajstić information content (AvgIpc) is 3.23. The largest absolute Gasteiger partial charge is 0.482 e. The van der Waals surface area contributed by atoms with Crippen LogP contribution < -0.4 is 15.6 Å². The fraction of sp³-hybridized carbons (Fsp3) is 0.130. The third-order valence-electron chi connectivity index (χ3n) is 5.37. The molecular weight excluding hydrogens is 450 g/mol. The Morgan fingerprint density at radius 2 is 2.00 bits per heavy atom. The van der Waals surface area contributed by atoms with Gasteiger partial charge in [-0.2, -0.15) is 0 Å². The maximum absolute atomic E-state index is 13.4. The first-order chi connectivity index (χ1) is 15.4. The number of halogens is 1. The third-order valence-corrected chi connectivity index (χ3v) is 6.51. The molecule has 0 fully saturated rings. The first-order valence-corrected chi connectivity index (χ1v) is 11.0. The molecule has 0 aliphatic carbocycles. The van der Waals surface area contributed by atoms with E-state index >= 15 is 0 Å². The normalized spacial score (nSPS) is 13.9. The first-order valence-electron chi connectivity index (χ1n) is 9.77. The second kappa shape index (κ2) is 7.89. The maximum Gasteiger partial charge on any atom is 0.263 e. The molecule has 7 nitrogen and oxygen atoms in total. The van der Waals surface area contributed by atoms with E-state index in [1.807, 2.05) is 17.5 Å². The van der Waals surface area contributed by atoms with Gasteiger partial charge in [-0.25, -0.2) is 4.98 Å². The molecule has 4 aromatic rings. The third kappa shape index (κ3) is 3.47. The Balaban J connectivity index is 1.54. The fourth-order valence-corrected chi connectivity index (χ4v) is 4.70. The van der Waals surface area contributed by atoms with Crippen LogP contribution in [0.3, 0.4) is 0 Å². The predicted octanol–water partition coefficient (Wildman–Crippen LogP) is 4.55. The van der Waals surface area contributed by atoms with Crippen LogP contribution in [0.25, 0.3) is 21.3 Å². The van der Waals surface area contributed by atoms with Crippen molar-refractivity contribution in [2.24, 2.45) is 0 Å². The van der Waals surface area contributed by atoms with Gasteiger partial charge in [0.05, 0.1) is 23.4 Å². The number of anilines is 1. The van der Waals surface area contributed by atoms with Crippen molar-refractivity contribution in [1.29, 1.82) is 0 Å². The average molecular weight is 466 g/mol. The molecule has 1 aliphatic heterocycles. The number of carbonyl (C=O) groups is 2. The zero-order valence-corrected chi connectivity index (χ0v) is 18.4. The zero-order valence-electron chi connectivity index (χ0n) is 16.8. The van der Waals surface area contributed by atoms with Crippen molar-refractivity contribution in [2.45, 2.75) is 13.0 Å². The molecule has 2 aromatic carbocycles. The summed E-state index contributed by atoms with van der Waals surface area (Å²) >= 11 is 7.36. The van der Waals surface area contributed by atoms with Crippen LogP contribution in [-0.2, 0) is 4.79 Å². The van der Waals surface area contributed by atoms with Crippen LogP contribution in [0.5, 0.6) is 5.75 Å². The quantitative estimate of drug-likeness (QED) is 0.446. The van der Waals surface area contributed by atoms with Crippen molar-refractivity contribution < 1.29 is 14.3 Å². The van der Waals surface area contributed by atoms with E-state index in [9.17, 15) is 14.4 Å². The Labute approximate surface area is 191 Å². The summed E-state index contributed by atoms with van der Waals surface area (Å²) in [6, 6.07) is 11.2. The lowest BCUT2D eigenvalue weighted by molar-refractivity contribution is -0.118. The second-order valence-corrected chi connectivity index (χ2v) is 8.68. The molecule has 5 rings (SSSR count). The van der Waals surface area contributed by atoms with Crippen molar-refractivity contribution in [3.63, 3.8) is 0 Å². The molecule has 1 amide bonds. The summed E-state index contributed by atoms with van der Waals surface area (Å²) in [6.45, 7) is 1.59. The number of rotatable bonds is 4. The molecule has 0 saturated carbocycles. The van der Waals surface area contributed by atoms with Gasteiger partial charge in [-0.05, 0) is 42.8 Å². The molecular formula is C23H16ClN3O4S. The van der Waals surface area contributed by atoms with Gasteiger partial charge < -0.3 is 10.1 Å². The monoisotopic (exact) mass is 465 g/mol. The number of hydrogen-bond donors (Lipinski definition) is 1. The highest BCUT2D eigenvalue weighted by molar-refractivity contribution is 7.17. The van der Waals surface area contributed by atoms with E-state index in [4.69, 9.17) is 16.3 Å². The first kappa shape index (κ1) is 20.4. The number of aromatic nitrogens is 2. The summed E-state index contributed by atoms with van der Waals surface area (Å²) in [5.74, 6) is -0.0627. The van der Waals surface area contributed by atoms with Crippen molar-refractivity contribution in [3.05, 3.63) is 75.1 Å². The number of Topliss-reactive ketones (excluding diaryl/α,β-unsaturated/α-hetero) is 1. The molecule has 1 unspecified atom stereocenters. The highest BCUT2D eigenvalue weighted by Gasteiger charge is 2.24. The van der Waals surface area contributed by atoms with Crippen LogP contribution in [0.4, 0.5) is 5.69 Å². The molecule has 3 heterocycles. The van der Waals surface area contributed by atoms with Gasteiger partial charge in [0.2, 0.25) is 0 Å². The van der Waals surface area contributed by atoms with Crippen LogP contribution in [0.15, 0.2) is 59.0 Å². The summed E-state index contributed by atoms with van der Waals surface area (Å²) in [5, 5.41) is 5.64. The van der Waals surface area contributed by atoms with Crippen molar-refractivity contribution in [1.82, 2.24) is 9.55 Å². The minimum Gasteiger partial charge on any atom is -0.482 e. The number of ether oxygens (including phenoxy) is 1. The Morgan fingerprint density at radius 1 is 1.22 bits per heavy atom. The van der Waals surface area contributed by atoms with E-state index < -0.39 is 6.04 Å². The summed E-state index contributed by atoms with van der Waals surface area (Å²) in [7, 11) is 0. The molecule has 1 N–H and O–H groups in total. The Hall–Kier alpha value is -3.49. The molecule has 0 radical (unpaired) electrons. The smallest absolute Gasteiger partial charge is 0.263 e. The number of fused-ring (bicyclic) bond motifs is 2. The van der Waals surface area contributed by atoms with E-state index in [-0.39, 0.29) is 23.9 Å². The van der Waals surface area contributed by atoms with Gasteiger partial charge in [0.25, 0.3) is 11.5 Å². The number of carbonyl (C=O) groups excluding carboxylic acids is 2. The fourth-order valence-electron chi connectivity index (χ4n) is 3.67. The molecule has 2 aromatic heterocycles. The lowest BCUT2D eigenvalue weighted by atomic mass is 10.0. The zero-order chi connectivity index (χ0) is 22.4. The SMILES string of the molecule is CC(C(=O)c1ccc2c(c1)NC(=O)CO2)n1cnc2scc(-c3ccc(Cl)cc3)c2c1=O. The van der Waals surface area contributed by atoms with E-state index in [0.717, 1.165) is 11.1 Å². The Morgan fingerprint density at radius 3 is 2.78 bits per heavy atom. The molecule has 32 heavy (non-hydrogen) atoms. The molecule has 0 saturated heterocycles. The topological polar surface area (TPSA) is 90.3 Å². The van der Waals surface area contributed by atoms with E-state index in [0.29, 0.717) is 32.2 Å². The van der Waals surface area contributed by atoms with Crippen LogP contribution in [0.1, 0.15) is 23.3 Å². The lowest BCUT2D eigenvalue weighted by Gasteiger charge is -2.19. The van der Waals surface area contributed by atoms with Gasteiger partial charge in [-0.3, -0.25) is 19.0 Å². The van der Waals surface area contributed by atoms with Gasteiger partial charge in [-0.1, -0.05) is 23.7 Å². The van der Waals surface area contributed by atoms with Gasteiger partial charge in [0.1, 0.15) is 10.6 Å². The molecule has 160 valence electrons. The molecule has 1 atom stereocenters. The van der Waals surface area contributed by atoms with E-state index in [2.05, 4.69) is 10.3 Å². The summed E-state index contributed by atoms with van der Waals surface area (Å²) in [6.07, 6.45) is 1.40. The highest BCUT2D eigenvalue weighted by Crippen LogP contribution is 2.32. The molecule has 9 heteroatoms. The Kier molecular flexibility index (Phi) is 5.03. The van der Waals surface area contributed by atoms with Crippen LogP contribution in [-0.4, -0.2) is 27.8 Å². The van der Waals surface area contributed by atoms with Crippen LogP contribution in [0, 0.1) is 0 Å². The van der Waals surface area contributed by atoms with Crippen molar-refractivity contribution in [3.8, 4) is 16.9 Å². The van der Waals surface area contributed by atoms with E-state index in [1.54, 1.807) is 37.3 Å². The number of ketones is 1. The second-order valence-electron chi connectivity index (χ2n) is 7.38. The van der Waals surface area contributed by atoms with E-state index in [1.165, 1.54) is 22.2 Å². The van der Waals surface area contributed by atoms with Crippen LogP contribution >= 0.6 is 22.9 Å².